The minimum Gasteiger partial charge on any atom is -0.345 e. The van der Waals surface area contributed by atoms with Crippen LogP contribution in [-0.4, -0.2) is 49.6 Å². The van der Waals surface area contributed by atoms with Crippen molar-refractivity contribution in [3.05, 3.63) is 84.2 Å². The number of anilines is 1. The third-order valence-electron chi connectivity index (χ3n) is 6.99. The molecule has 1 unspecified atom stereocenters. The van der Waals surface area contributed by atoms with Crippen molar-refractivity contribution in [2.45, 2.75) is 54.1 Å². The van der Waals surface area contributed by atoms with Gasteiger partial charge in [-0.05, 0) is 56.5 Å². The second kappa shape index (κ2) is 10.4. The molecule has 1 N–H and O–H groups in total. The summed E-state index contributed by atoms with van der Waals surface area (Å²) in [5.74, 6) is -0.0950. The maximum Gasteiger partial charge on any atom is 0.417 e. The number of para-hydroxylation sites is 1. The van der Waals surface area contributed by atoms with Crippen LogP contribution in [0, 0.1) is 11.3 Å². The minimum absolute atomic E-state index is 0.234. The Balaban J connectivity index is 1.78. The van der Waals surface area contributed by atoms with Crippen LogP contribution in [0.4, 0.5) is 18.9 Å². The zero-order valence-electron chi connectivity index (χ0n) is 21.6. The number of hydrogen-bond acceptors (Lipinski definition) is 6. The summed E-state index contributed by atoms with van der Waals surface area (Å²) in [5, 5.41) is 10.9. The molecule has 0 bridgehead atoms. The van der Waals surface area contributed by atoms with Gasteiger partial charge in [-0.3, -0.25) is 4.79 Å². The number of nitrogens with one attached hydrogen (secondary N) is 1. The van der Waals surface area contributed by atoms with Crippen LogP contribution >= 0.6 is 0 Å². The van der Waals surface area contributed by atoms with Gasteiger partial charge in [-0.25, -0.2) is 8.42 Å². The molecule has 1 amide bonds. The van der Waals surface area contributed by atoms with Crippen LogP contribution in [-0.2, 0) is 20.8 Å². The molecule has 0 radical (unpaired) electrons. The molecule has 1 saturated carbocycles. The standard InChI is InChI=1S/C28H29F3N4O3S/c1-19(2)15-25(34(3)20-9-5-4-6-10-20)35-17-21(16-23(35)26(36)33-27(18-32)13-14-27)39(37,38)24-12-8-7-11-22(24)28(29,30)31/h4-12,15,21,23H,1,13-14,16-17H2,2-3H3,(H,33,36)/b25-15+/t21?,23-/m0/s1. The molecule has 206 valence electrons. The first-order valence-corrected chi connectivity index (χ1v) is 13.9. The molecule has 1 saturated heterocycles. The van der Waals surface area contributed by atoms with E-state index in [2.05, 4.69) is 18.0 Å². The van der Waals surface area contributed by atoms with Crippen molar-refractivity contribution >= 4 is 21.4 Å². The monoisotopic (exact) mass is 558 g/mol. The minimum atomic E-state index is -4.87. The lowest BCUT2D eigenvalue weighted by molar-refractivity contribution is -0.139. The van der Waals surface area contributed by atoms with Crippen LogP contribution in [0.2, 0.25) is 0 Å². The number of carbonyl (C=O) groups excluding carboxylic acids is 1. The molecule has 2 atom stereocenters. The summed E-state index contributed by atoms with van der Waals surface area (Å²) in [6.07, 6.45) is -2.48. The number of alkyl halides is 3. The molecule has 2 aromatic rings. The SMILES string of the molecule is C=C(C)/C=C(\N(C)c1ccccc1)N1CC(S(=O)(=O)c2ccccc2C(F)(F)F)C[C@H]1C(=O)NC1(C#N)CC1. The average molecular weight is 559 g/mol. The van der Waals surface area contributed by atoms with Crippen LogP contribution in [0.25, 0.3) is 0 Å². The van der Waals surface area contributed by atoms with Crippen molar-refractivity contribution in [2.24, 2.45) is 0 Å². The molecule has 0 spiro atoms. The van der Waals surface area contributed by atoms with Gasteiger partial charge in [-0.15, -0.1) is 0 Å². The Hall–Kier alpha value is -3.78. The highest BCUT2D eigenvalue weighted by molar-refractivity contribution is 7.92. The molecule has 0 aromatic heterocycles. The molecule has 1 heterocycles. The zero-order valence-corrected chi connectivity index (χ0v) is 22.4. The number of hydrogen-bond donors (Lipinski definition) is 1. The number of benzene rings is 2. The Kier molecular flexibility index (Phi) is 7.54. The maximum atomic E-state index is 13.7. The Labute approximate surface area is 226 Å². The number of amides is 1. The van der Waals surface area contributed by atoms with E-state index < -0.39 is 49.2 Å². The van der Waals surface area contributed by atoms with E-state index in [1.807, 2.05) is 30.3 Å². The Bertz CT molecular complexity index is 1440. The highest BCUT2D eigenvalue weighted by atomic mass is 32.2. The molecule has 2 aromatic carbocycles. The van der Waals surface area contributed by atoms with Gasteiger partial charge in [0.15, 0.2) is 9.84 Å². The lowest BCUT2D eigenvalue weighted by atomic mass is 10.1. The highest BCUT2D eigenvalue weighted by Crippen LogP contribution is 2.40. The summed E-state index contributed by atoms with van der Waals surface area (Å²) in [4.78, 5) is 16.0. The second-order valence-corrected chi connectivity index (χ2v) is 12.2. The van der Waals surface area contributed by atoms with Gasteiger partial charge in [-0.2, -0.15) is 18.4 Å². The largest absolute Gasteiger partial charge is 0.417 e. The quantitative estimate of drug-likeness (QED) is 0.475. The first-order valence-electron chi connectivity index (χ1n) is 12.3. The van der Waals surface area contributed by atoms with Crippen molar-refractivity contribution in [1.29, 1.82) is 5.26 Å². The normalized spacial score (nSPS) is 20.7. The topological polar surface area (TPSA) is 93.5 Å². The van der Waals surface area contributed by atoms with E-state index in [4.69, 9.17) is 0 Å². The van der Waals surface area contributed by atoms with Gasteiger partial charge in [0.1, 0.15) is 17.4 Å². The fourth-order valence-corrected chi connectivity index (χ4v) is 6.65. The zero-order chi connectivity index (χ0) is 28.6. The molecule has 1 aliphatic heterocycles. The van der Waals surface area contributed by atoms with E-state index in [0.29, 0.717) is 24.2 Å². The van der Waals surface area contributed by atoms with Crippen molar-refractivity contribution < 1.29 is 26.4 Å². The molecule has 39 heavy (non-hydrogen) atoms. The van der Waals surface area contributed by atoms with E-state index in [1.165, 1.54) is 6.07 Å². The van der Waals surface area contributed by atoms with Crippen LogP contribution in [0.5, 0.6) is 0 Å². The number of sulfone groups is 1. The van der Waals surface area contributed by atoms with Crippen molar-refractivity contribution in [1.82, 2.24) is 10.2 Å². The number of carbonyl (C=O) groups is 1. The number of likely N-dealkylation sites (tertiary alicyclic amines) is 1. The summed E-state index contributed by atoms with van der Waals surface area (Å²) in [6.45, 7) is 5.44. The summed E-state index contributed by atoms with van der Waals surface area (Å²) in [7, 11) is -2.77. The average Bonchev–Trinajstić information content (AvgIpc) is 3.52. The summed E-state index contributed by atoms with van der Waals surface area (Å²) in [6, 6.07) is 14.3. The van der Waals surface area contributed by atoms with E-state index in [-0.39, 0.29) is 13.0 Å². The van der Waals surface area contributed by atoms with E-state index >= 15 is 0 Å². The predicted octanol–water partition coefficient (Wildman–Crippen LogP) is 4.65. The molecule has 2 fully saturated rings. The van der Waals surface area contributed by atoms with Crippen LogP contribution < -0.4 is 10.2 Å². The highest BCUT2D eigenvalue weighted by Gasteiger charge is 2.51. The van der Waals surface area contributed by atoms with Gasteiger partial charge in [0, 0.05) is 19.3 Å². The maximum absolute atomic E-state index is 13.7. The van der Waals surface area contributed by atoms with Crippen molar-refractivity contribution in [2.75, 3.05) is 18.5 Å². The number of halogens is 3. The molecular formula is C28H29F3N4O3S. The fourth-order valence-electron chi connectivity index (χ4n) is 4.74. The van der Waals surface area contributed by atoms with E-state index in [1.54, 1.807) is 29.8 Å². The van der Waals surface area contributed by atoms with E-state index in [9.17, 15) is 31.6 Å². The van der Waals surface area contributed by atoms with Crippen LogP contribution in [0.1, 0.15) is 31.7 Å². The van der Waals surface area contributed by atoms with Gasteiger partial charge in [0.05, 0.1) is 21.8 Å². The van der Waals surface area contributed by atoms with Gasteiger partial charge < -0.3 is 15.1 Å². The van der Waals surface area contributed by atoms with Gasteiger partial charge in [0.25, 0.3) is 0 Å². The number of nitrogens with zero attached hydrogens (tertiary/aromatic N) is 3. The van der Waals surface area contributed by atoms with Crippen LogP contribution in [0.3, 0.4) is 0 Å². The summed E-state index contributed by atoms with van der Waals surface area (Å²) >= 11 is 0. The lowest BCUT2D eigenvalue weighted by Gasteiger charge is -2.35. The molecule has 2 aliphatic rings. The molecule has 11 heteroatoms. The Morgan fingerprint density at radius 1 is 1.18 bits per heavy atom. The van der Waals surface area contributed by atoms with Crippen molar-refractivity contribution in [3.63, 3.8) is 0 Å². The molecule has 4 rings (SSSR count). The summed E-state index contributed by atoms with van der Waals surface area (Å²) < 4.78 is 68.6. The number of rotatable bonds is 8. The number of nitriles is 1. The first kappa shape index (κ1) is 28.2. The Morgan fingerprint density at radius 2 is 1.79 bits per heavy atom. The van der Waals surface area contributed by atoms with Gasteiger partial charge in [-0.1, -0.05) is 42.5 Å². The summed E-state index contributed by atoms with van der Waals surface area (Å²) in [5.41, 5.74) is -0.888. The molecule has 7 nitrogen and oxygen atoms in total. The Morgan fingerprint density at radius 3 is 2.36 bits per heavy atom. The molecule has 1 aliphatic carbocycles. The van der Waals surface area contributed by atoms with E-state index in [0.717, 1.165) is 23.9 Å². The first-order chi connectivity index (χ1) is 18.3. The lowest BCUT2D eigenvalue weighted by Crippen LogP contribution is -2.49. The number of allylic oxidation sites excluding steroid dienone is 2. The van der Waals surface area contributed by atoms with Gasteiger partial charge >= 0.3 is 6.18 Å². The third-order valence-corrected chi connectivity index (χ3v) is 9.17. The third kappa shape index (κ3) is 5.81. The molecular weight excluding hydrogens is 529 g/mol. The smallest absolute Gasteiger partial charge is 0.345 e. The predicted molar refractivity (Wildman–Crippen MR) is 141 cm³/mol. The fraction of sp³-hybridized carbons (Fsp3) is 0.357. The van der Waals surface area contributed by atoms with Crippen molar-refractivity contribution in [3.8, 4) is 6.07 Å². The second-order valence-electron chi connectivity index (χ2n) is 9.99. The van der Waals surface area contributed by atoms with Crippen LogP contribution in [0.15, 0.2) is 83.5 Å². The van der Waals surface area contributed by atoms with Gasteiger partial charge in [0.2, 0.25) is 5.91 Å².